The lowest BCUT2D eigenvalue weighted by Gasteiger charge is -2.27. The van der Waals surface area contributed by atoms with Gasteiger partial charge in [0, 0.05) is 41.8 Å². The van der Waals surface area contributed by atoms with Gasteiger partial charge in [0.1, 0.15) is 0 Å². The molecule has 0 atom stereocenters. The molecular formula is C22H23Cl2N3O2S. The van der Waals surface area contributed by atoms with E-state index in [4.69, 9.17) is 32.9 Å². The largest absolute Gasteiger partial charge is 0.379 e. The molecule has 1 fully saturated rings. The van der Waals surface area contributed by atoms with E-state index < -0.39 is 0 Å². The maximum Gasteiger partial charge on any atom is 0.260 e. The van der Waals surface area contributed by atoms with E-state index >= 15 is 0 Å². The van der Waals surface area contributed by atoms with Crippen molar-refractivity contribution >= 4 is 55.8 Å². The molecule has 5 nitrogen and oxygen atoms in total. The van der Waals surface area contributed by atoms with Gasteiger partial charge in [-0.15, -0.1) is 0 Å². The van der Waals surface area contributed by atoms with Gasteiger partial charge in [0.2, 0.25) is 0 Å². The fraction of sp³-hybridized carbons (Fsp3) is 0.364. The number of thiazole rings is 1. The number of carbonyl (C=O) groups is 1. The summed E-state index contributed by atoms with van der Waals surface area (Å²) in [5.41, 5.74) is 2.34. The Morgan fingerprint density at radius 1 is 1.23 bits per heavy atom. The molecule has 0 unspecified atom stereocenters. The third-order valence-corrected chi connectivity index (χ3v) is 6.93. The molecule has 1 saturated heterocycles. The number of halogens is 2. The molecule has 0 saturated carbocycles. The average Bonchev–Trinajstić information content (AvgIpc) is 3.19. The zero-order chi connectivity index (χ0) is 21.1. The van der Waals surface area contributed by atoms with Crippen molar-refractivity contribution in [3.63, 3.8) is 0 Å². The Morgan fingerprint density at radius 2 is 2.03 bits per heavy atom. The van der Waals surface area contributed by atoms with Crippen molar-refractivity contribution in [2.45, 2.75) is 13.3 Å². The summed E-state index contributed by atoms with van der Waals surface area (Å²) in [4.78, 5) is 22.3. The summed E-state index contributed by atoms with van der Waals surface area (Å²) >= 11 is 13.9. The van der Waals surface area contributed by atoms with E-state index in [2.05, 4.69) is 4.90 Å². The van der Waals surface area contributed by atoms with Crippen LogP contribution in [0.2, 0.25) is 10.0 Å². The SMILES string of the molecule is Cc1c(Cl)ccc2sc(N(CCCN3CCOCC3)C(=O)c3cccc(Cl)c3)nc12. The molecule has 0 spiro atoms. The zero-order valence-electron chi connectivity index (χ0n) is 16.7. The van der Waals surface area contributed by atoms with Crippen molar-refractivity contribution in [1.29, 1.82) is 0 Å². The number of anilines is 1. The normalized spacial score (nSPS) is 14.9. The number of morpholine rings is 1. The van der Waals surface area contributed by atoms with Crippen LogP contribution in [0.25, 0.3) is 10.2 Å². The molecule has 1 aliphatic rings. The quantitative estimate of drug-likeness (QED) is 0.498. The molecule has 0 bridgehead atoms. The number of fused-ring (bicyclic) bond motifs is 1. The molecule has 1 aliphatic heterocycles. The Balaban J connectivity index is 1.60. The smallest absolute Gasteiger partial charge is 0.260 e. The highest BCUT2D eigenvalue weighted by atomic mass is 35.5. The molecule has 30 heavy (non-hydrogen) atoms. The van der Waals surface area contributed by atoms with Gasteiger partial charge in [-0.25, -0.2) is 4.98 Å². The molecule has 158 valence electrons. The molecule has 1 amide bonds. The zero-order valence-corrected chi connectivity index (χ0v) is 19.1. The summed E-state index contributed by atoms with van der Waals surface area (Å²) in [7, 11) is 0. The van der Waals surface area contributed by atoms with E-state index in [1.54, 1.807) is 29.2 Å². The van der Waals surface area contributed by atoms with E-state index in [1.165, 1.54) is 11.3 Å². The summed E-state index contributed by atoms with van der Waals surface area (Å²) in [5.74, 6) is -0.0951. The van der Waals surface area contributed by atoms with Crippen LogP contribution in [-0.4, -0.2) is 55.2 Å². The van der Waals surface area contributed by atoms with Crippen molar-refractivity contribution in [2.75, 3.05) is 44.3 Å². The molecule has 3 aromatic rings. The van der Waals surface area contributed by atoms with Crippen LogP contribution in [0, 0.1) is 6.92 Å². The van der Waals surface area contributed by atoms with E-state index in [0.717, 1.165) is 55.0 Å². The van der Waals surface area contributed by atoms with Crippen LogP contribution in [0.15, 0.2) is 36.4 Å². The number of aryl methyl sites for hydroxylation is 1. The van der Waals surface area contributed by atoms with Crippen LogP contribution in [0.1, 0.15) is 22.3 Å². The number of benzene rings is 2. The van der Waals surface area contributed by atoms with Gasteiger partial charge in [-0.05, 0) is 49.2 Å². The van der Waals surface area contributed by atoms with Gasteiger partial charge in [0.05, 0.1) is 23.4 Å². The predicted molar refractivity (Wildman–Crippen MR) is 124 cm³/mol. The van der Waals surface area contributed by atoms with E-state index in [-0.39, 0.29) is 5.91 Å². The molecule has 2 aromatic carbocycles. The number of aromatic nitrogens is 1. The van der Waals surface area contributed by atoms with Gasteiger partial charge in [0.15, 0.2) is 5.13 Å². The highest BCUT2D eigenvalue weighted by Gasteiger charge is 2.23. The van der Waals surface area contributed by atoms with Crippen LogP contribution in [0.4, 0.5) is 5.13 Å². The molecule has 2 heterocycles. The van der Waals surface area contributed by atoms with Crippen molar-refractivity contribution in [1.82, 2.24) is 9.88 Å². The lowest BCUT2D eigenvalue weighted by atomic mass is 10.2. The number of carbonyl (C=O) groups excluding carboxylic acids is 1. The molecule has 4 rings (SSSR count). The van der Waals surface area contributed by atoms with Gasteiger partial charge in [-0.2, -0.15) is 0 Å². The Bertz CT molecular complexity index is 1050. The fourth-order valence-corrected chi connectivity index (χ4v) is 4.94. The van der Waals surface area contributed by atoms with E-state index in [0.29, 0.717) is 27.3 Å². The summed E-state index contributed by atoms with van der Waals surface area (Å²) < 4.78 is 6.44. The topological polar surface area (TPSA) is 45.7 Å². The average molecular weight is 464 g/mol. The number of hydrogen-bond donors (Lipinski definition) is 0. The second-order valence-electron chi connectivity index (χ2n) is 7.29. The number of nitrogens with zero attached hydrogens (tertiary/aromatic N) is 3. The minimum atomic E-state index is -0.0951. The highest BCUT2D eigenvalue weighted by Crippen LogP contribution is 2.34. The van der Waals surface area contributed by atoms with Crippen LogP contribution in [0.5, 0.6) is 0 Å². The minimum Gasteiger partial charge on any atom is -0.379 e. The van der Waals surface area contributed by atoms with Crippen LogP contribution in [-0.2, 0) is 4.74 Å². The number of ether oxygens (including phenoxy) is 1. The summed E-state index contributed by atoms with van der Waals surface area (Å²) in [6, 6.07) is 10.9. The molecule has 0 aliphatic carbocycles. The first-order valence-electron chi connectivity index (χ1n) is 9.96. The maximum atomic E-state index is 13.4. The first-order chi connectivity index (χ1) is 14.5. The number of rotatable bonds is 6. The van der Waals surface area contributed by atoms with E-state index in [1.807, 2.05) is 19.1 Å². The Labute approximate surface area is 190 Å². The minimum absolute atomic E-state index is 0.0951. The van der Waals surface area contributed by atoms with Crippen molar-refractivity contribution in [3.05, 3.63) is 57.6 Å². The summed E-state index contributed by atoms with van der Waals surface area (Å²) in [5, 5.41) is 1.91. The van der Waals surface area contributed by atoms with Crippen molar-refractivity contribution < 1.29 is 9.53 Å². The molecule has 0 N–H and O–H groups in total. The van der Waals surface area contributed by atoms with Gasteiger partial charge >= 0.3 is 0 Å². The molecular weight excluding hydrogens is 441 g/mol. The lowest BCUT2D eigenvalue weighted by Crippen LogP contribution is -2.39. The second kappa shape index (κ2) is 9.62. The van der Waals surface area contributed by atoms with Gasteiger partial charge in [-0.1, -0.05) is 40.6 Å². The second-order valence-corrected chi connectivity index (χ2v) is 9.14. The monoisotopic (exact) mass is 463 g/mol. The van der Waals surface area contributed by atoms with Crippen LogP contribution < -0.4 is 4.90 Å². The third-order valence-electron chi connectivity index (χ3n) is 5.24. The van der Waals surface area contributed by atoms with Gasteiger partial charge in [-0.3, -0.25) is 14.6 Å². The van der Waals surface area contributed by atoms with Crippen molar-refractivity contribution in [2.24, 2.45) is 0 Å². The maximum absolute atomic E-state index is 13.4. The Kier molecular flexibility index (Phi) is 6.91. The molecule has 8 heteroatoms. The summed E-state index contributed by atoms with van der Waals surface area (Å²) in [6.07, 6.45) is 0.849. The van der Waals surface area contributed by atoms with Crippen LogP contribution in [0.3, 0.4) is 0 Å². The van der Waals surface area contributed by atoms with Gasteiger partial charge < -0.3 is 4.74 Å². The first kappa shape index (κ1) is 21.5. The standard InChI is InChI=1S/C22H23Cl2N3O2S/c1-15-18(24)6-7-19-20(15)25-22(30-19)27(9-3-8-26-10-12-29-13-11-26)21(28)16-4-2-5-17(23)14-16/h2,4-7,14H,3,8-13H2,1H3. The number of amides is 1. The van der Waals surface area contributed by atoms with Crippen molar-refractivity contribution in [3.8, 4) is 0 Å². The first-order valence-corrected chi connectivity index (χ1v) is 11.5. The lowest BCUT2D eigenvalue weighted by molar-refractivity contribution is 0.0376. The predicted octanol–water partition coefficient (Wildman–Crippen LogP) is 5.28. The van der Waals surface area contributed by atoms with Gasteiger partial charge in [0.25, 0.3) is 5.91 Å². The van der Waals surface area contributed by atoms with Crippen LogP contribution >= 0.6 is 34.5 Å². The highest BCUT2D eigenvalue weighted by molar-refractivity contribution is 7.22. The Hall–Kier alpha value is -1.70. The van der Waals surface area contributed by atoms with E-state index in [9.17, 15) is 4.79 Å². The molecule has 0 radical (unpaired) electrons. The molecule has 1 aromatic heterocycles. The number of hydrogen-bond acceptors (Lipinski definition) is 5. The fourth-order valence-electron chi connectivity index (χ4n) is 3.54. The summed E-state index contributed by atoms with van der Waals surface area (Å²) in [6.45, 7) is 6.84. The Morgan fingerprint density at radius 3 is 2.80 bits per heavy atom. The third kappa shape index (κ3) is 4.79.